The van der Waals surface area contributed by atoms with Gasteiger partial charge < -0.3 is 24.5 Å². The average molecular weight is 460 g/mol. The number of aryl methyl sites for hydroxylation is 1. The number of fused-ring (bicyclic) bond motifs is 3. The van der Waals surface area contributed by atoms with Gasteiger partial charge in [0.15, 0.2) is 11.5 Å². The van der Waals surface area contributed by atoms with Gasteiger partial charge in [-0.3, -0.25) is 4.79 Å². The Morgan fingerprint density at radius 3 is 2.79 bits per heavy atom. The summed E-state index contributed by atoms with van der Waals surface area (Å²) in [6.07, 6.45) is 5.53. The van der Waals surface area contributed by atoms with Gasteiger partial charge in [-0.25, -0.2) is 15.0 Å². The van der Waals surface area contributed by atoms with E-state index < -0.39 is 0 Å². The molecule has 0 radical (unpaired) electrons. The van der Waals surface area contributed by atoms with E-state index in [2.05, 4.69) is 33.2 Å². The maximum Gasteiger partial charge on any atom is 0.256 e. The van der Waals surface area contributed by atoms with Crippen molar-refractivity contribution < 1.29 is 9.53 Å². The zero-order valence-electron chi connectivity index (χ0n) is 19.5. The minimum absolute atomic E-state index is 0.0591. The van der Waals surface area contributed by atoms with Crippen LogP contribution in [0.2, 0.25) is 0 Å². The number of aromatic nitrogens is 5. The summed E-state index contributed by atoms with van der Waals surface area (Å²) in [7, 11) is 1.68. The first kappa shape index (κ1) is 21.2. The Bertz CT molecular complexity index is 1390. The van der Waals surface area contributed by atoms with Crippen LogP contribution in [0.15, 0.2) is 36.7 Å². The fourth-order valence-corrected chi connectivity index (χ4v) is 5.57. The van der Waals surface area contributed by atoms with Crippen LogP contribution in [0.4, 0.5) is 0 Å². The molecule has 9 nitrogen and oxygen atoms in total. The fraction of sp³-hybridized carbons (Fsp3) is 0.440. The predicted molar refractivity (Wildman–Crippen MR) is 129 cm³/mol. The van der Waals surface area contributed by atoms with E-state index in [9.17, 15) is 4.79 Å². The highest BCUT2D eigenvalue weighted by Crippen LogP contribution is 2.43. The second-order valence-corrected chi connectivity index (χ2v) is 9.29. The number of ether oxygens (including phenoxy) is 1. The molecule has 0 spiro atoms. The number of hydrogen-bond donors (Lipinski definition) is 1. The molecule has 0 bridgehead atoms. The third-order valence-corrected chi connectivity index (χ3v) is 7.52. The second-order valence-electron chi connectivity index (χ2n) is 9.29. The number of pyridine rings is 2. The minimum atomic E-state index is -0.204. The molecule has 5 heterocycles. The lowest BCUT2D eigenvalue weighted by Crippen LogP contribution is -2.44. The van der Waals surface area contributed by atoms with Gasteiger partial charge in [0.2, 0.25) is 0 Å². The van der Waals surface area contributed by atoms with E-state index in [4.69, 9.17) is 20.4 Å². The summed E-state index contributed by atoms with van der Waals surface area (Å²) in [6, 6.07) is 7.96. The largest absolute Gasteiger partial charge is 0.383 e. The summed E-state index contributed by atoms with van der Waals surface area (Å²) < 4.78 is 9.59. The molecule has 1 saturated heterocycles. The number of carbonyl (C=O) groups is 1. The van der Waals surface area contributed by atoms with Crippen molar-refractivity contribution in [1.82, 2.24) is 29.0 Å². The zero-order valence-corrected chi connectivity index (χ0v) is 19.5. The summed E-state index contributed by atoms with van der Waals surface area (Å²) in [5, 5.41) is 1.06. The molecule has 3 atom stereocenters. The van der Waals surface area contributed by atoms with Crippen LogP contribution in [0.5, 0.6) is 0 Å². The molecule has 1 saturated carbocycles. The molecule has 1 aliphatic carbocycles. The van der Waals surface area contributed by atoms with Gasteiger partial charge in [-0.15, -0.1) is 0 Å². The topological polar surface area (TPSA) is 104 Å². The van der Waals surface area contributed by atoms with Crippen LogP contribution in [0.3, 0.4) is 0 Å². The molecule has 1 amide bonds. The number of imidazole rings is 1. The Hall–Kier alpha value is -3.30. The van der Waals surface area contributed by atoms with Gasteiger partial charge in [-0.05, 0) is 55.9 Å². The van der Waals surface area contributed by atoms with Crippen LogP contribution in [-0.4, -0.2) is 61.3 Å². The van der Waals surface area contributed by atoms with Crippen LogP contribution in [-0.2, 0) is 17.8 Å². The maximum atomic E-state index is 13.3. The molecule has 0 aromatic carbocycles. The molecule has 4 aromatic heterocycles. The second kappa shape index (κ2) is 8.18. The van der Waals surface area contributed by atoms with Gasteiger partial charge in [0.25, 0.3) is 5.91 Å². The van der Waals surface area contributed by atoms with Crippen molar-refractivity contribution in [3.05, 3.63) is 42.2 Å². The van der Waals surface area contributed by atoms with E-state index in [1.54, 1.807) is 19.5 Å². The number of carbonyl (C=O) groups excluding carboxylic acids is 1. The SMILES string of the molecule is CCn1c(-c2nc3cc(C(=O)N4C[C@H]5CC[C@H]5[C@H]4N)cnc3n2CCOC)cc2cccnc21. The number of nitrogens with two attached hydrogens (primary N) is 1. The molecule has 1 aliphatic heterocycles. The highest BCUT2D eigenvalue weighted by molar-refractivity contribution is 5.97. The first-order chi connectivity index (χ1) is 16.6. The predicted octanol–water partition coefficient (Wildman–Crippen LogP) is 2.88. The Morgan fingerprint density at radius 2 is 2.09 bits per heavy atom. The molecular weight excluding hydrogens is 430 g/mol. The number of amides is 1. The monoisotopic (exact) mass is 459 g/mol. The molecular formula is C25H29N7O2. The van der Waals surface area contributed by atoms with Crippen LogP contribution in [0.1, 0.15) is 30.1 Å². The molecule has 6 rings (SSSR count). The molecule has 4 aromatic rings. The minimum Gasteiger partial charge on any atom is -0.383 e. The number of likely N-dealkylation sites (tertiary alicyclic amines) is 1. The lowest BCUT2D eigenvalue weighted by molar-refractivity contribution is 0.0723. The zero-order chi connectivity index (χ0) is 23.4. The third-order valence-electron chi connectivity index (χ3n) is 7.52. The first-order valence-corrected chi connectivity index (χ1v) is 12.0. The number of hydrogen-bond acceptors (Lipinski definition) is 6. The average Bonchev–Trinajstić information content (AvgIpc) is 3.45. The summed E-state index contributed by atoms with van der Waals surface area (Å²) >= 11 is 0. The van der Waals surface area contributed by atoms with E-state index in [1.165, 1.54) is 0 Å². The Morgan fingerprint density at radius 1 is 1.21 bits per heavy atom. The Labute approximate surface area is 197 Å². The van der Waals surface area contributed by atoms with E-state index in [0.717, 1.165) is 54.1 Å². The van der Waals surface area contributed by atoms with Gasteiger partial charge in [0.05, 0.1) is 24.0 Å². The molecule has 34 heavy (non-hydrogen) atoms. The number of methoxy groups -OCH3 is 1. The van der Waals surface area contributed by atoms with Gasteiger partial charge >= 0.3 is 0 Å². The molecule has 2 N–H and O–H groups in total. The molecule has 176 valence electrons. The van der Waals surface area contributed by atoms with Crippen molar-refractivity contribution in [3.8, 4) is 11.5 Å². The Balaban J connectivity index is 1.44. The van der Waals surface area contributed by atoms with E-state index in [-0.39, 0.29) is 12.1 Å². The van der Waals surface area contributed by atoms with Gasteiger partial charge in [0, 0.05) is 44.5 Å². The van der Waals surface area contributed by atoms with Crippen molar-refractivity contribution >= 4 is 28.1 Å². The first-order valence-electron chi connectivity index (χ1n) is 12.0. The van der Waals surface area contributed by atoms with Crippen molar-refractivity contribution in [2.75, 3.05) is 20.3 Å². The van der Waals surface area contributed by atoms with Crippen molar-refractivity contribution in [3.63, 3.8) is 0 Å². The highest BCUT2D eigenvalue weighted by atomic mass is 16.5. The lowest BCUT2D eigenvalue weighted by Gasteiger charge is -2.31. The van der Waals surface area contributed by atoms with Crippen LogP contribution < -0.4 is 5.73 Å². The van der Waals surface area contributed by atoms with E-state index in [1.807, 2.05) is 17.0 Å². The standard InChI is InChI=1S/C25H29N7O2/c1-3-30-20(12-15-5-4-8-27-22(15)30)24-29-19-11-17(13-28-23(19)31(24)9-10-34-2)25(33)32-14-16-6-7-18(16)21(32)26/h4-5,8,11-13,16,18,21H,3,6-7,9-10,14,26H2,1-2H3/t16-,18-,21+/m1/s1. The molecule has 2 aliphatic rings. The van der Waals surface area contributed by atoms with Gasteiger partial charge in [-0.2, -0.15) is 0 Å². The molecule has 9 heteroatoms. The normalized spacial score (nSPS) is 21.9. The summed E-state index contributed by atoms with van der Waals surface area (Å²) in [5.74, 6) is 1.71. The molecule has 2 fully saturated rings. The smallest absolute Gasteiger partial charge is 0.256 e. The maximum absolute atomic E-state index is 13.3. The van der Waals surface area contributed by atoms with Crippen molar-refractivity contribution in [1.29, 1.82) is 0 Å². The lowest BCUT2D eigenvalue weighted by atomic mass is 9.75. The summed E-state index contributed by atoms with van der Waals surface area (Å²) in [4.78, 5) is 29.4. The van der Waals surface area contributed by atoms with Gasteiger partial charge in [-0.1, -0.05) is 0 Å². The van der Waals surface area contributed by atoms with E-state index >= 15 is 0 Å². The van der Waals surface area contributed by atoms with Crippen molar-refractivity contribution in [2.45, 2.75) is 39.0 Å². The van der Waals surface area contributed by atoms with E-state index in [0.29, 0.717) is 36.1 Å². The fourth-order valence-electron chi connectivity index (χ4n) is 5.57. The third kappa shape index (κ3) is 3.14. The van der Waals surface area contributed by atoms with Crippen LogP contribution in [0, 0.1) is 11.8 Å². The number of nitrogens with zero attached hydrogens (tertiary/aromatic N) is 6. The Kier molecular flexibility index (Phi) is 5.11. The number of rotatable bonds is 6. The van der Waals surface area contributed by atoms with Crippen molar-refractivity contribution in [2.24, 2.45) is 17.6 Å². The summed E-state index contributed by atoms with van der Waals surface area (Å²) in [6.45, 7) is 4.72. The summed E-state index contributed by atoms with van der Waals surface area (Å²) in [5.41, 5.74) is 10.2. The van der Waals surface area contributed by atoms with Gasteiger partial charge in [0.1, 0.15) is 11.2 Å². The molecule has 0 unspecified atom stereocenters. The van der Waals surface area contributed by atoms with Crippen LogP contribution in [0.25, 0.3) is 33.7 Å². The van der Waals surface area contributed by atoms with Crippen LogP contribution >= 0.6 is 0 Å². The highest BCUT2D eigenvalue weighted by Gasteiger charge is 2.47. The quantitative estimate of drug-likeness (QED) is 0.475.